The van der Waals surface area contributed by atoms with Gasteiger partial charge in [0.15, 0.2) is 23.2 Å². The number of hydrogen-bond donors (Lipinski definition) is 3. The number of aliphatic hydroxyl groups is 2. The Morgan fingerprint density at radius 2 is 2.04 bits per heavy atom. The van der Waals surface area contributed by atoms with Crippen molar-refractivity contribution in [3.05, 3.63) is 11.6 Å². The number of piperidine rings is 1. The average molecular weight is 394 g/mol. The lowest BCUT2D eigenvalue weighted by atomic mass is 10.1. The van der Waals surface area contributed by atoms with Crippen LogP contribution in [0.1, 0.15) is 31.9 Å². The molecule has 2 aliphatic heterocycles. The highest BCUT2D eigenvalue weighted by atomic mass is 35.5. The summed E-state index contributed by atoms with van der Waals surface area (Å²) in [4.78, 5) is 12.8. The first-order valence-electron chi connectivity index (χ1n) is 8.88. The van der Waals surface area contributed by atoms with Crippen LogP contribution in [-0.4, -0.2) is 66.1 Å². The Balaban J connectivity index is 1.66. The number of fused-ring (bicyclic) bond motifs is 1. The van der Waals surface area contributed by atoms with Crippen molar-refractivity contribution in [2.24, 2.45) is 0 Å². The molecule has 11 heteroatoms. The highest BCUT2D eigenvalue weighted by molar-refractivity contribution is 6.28. The fraction of sp³-hybridized carbons (Fsp3) is 0.625. The van der Waals surface area contributed by atoms with Gasteiger partial charge in [-0.2, -0.15) is 15.2 Å². The molecule has 0 radical (unpaired) electrons. The van der Waals surface area contributed by atoms with Gasteiger partial charge in [0.1, 0.15) is 18.3 Å². The molecule has 0 bridgehead atoms. The number of aromatic nitrogens is 4. The third-order valence-corrected chi connectivity index (χ3v) is 5.09. The molecule has 4 rings (SSSR count). The Morgan fingerprint density at radius 1 is 1.26 bits per heavy atom. The van der Waals surface area contributed by atoms with E-state index in [0.29, 0.717) is 17.0 Å². The van der Waals surface area contributed by atoms with Gasteiger partial charge >= 0.3 is 0 Å². The Kier molecular flexibility index (Phi) is 5.12. The number of rotatable bonds is 4. The van der Waals surface area contributed by atoms with E-state index in [1.807, 2.05) is 6.07 Å². The quantitative estimate of drug-likeness (QED) is 0.645. The minimum Gasteiger partial charge on any atom is -0.387 e. The van der Waals surface area contributed by atoms with E-state index in [9.17, 15) is 10.2 Å². The Bertz CT molecular complexity index is 864. The number of imidazole rings is 1. The summed E-state index contributed by atoms with van der Waals surface area (Å²) in [5, 5.41) is 31.4. The first-order chi connectivity index (χ1) is 13.1. The van der Waals surface area contributed by atoms with Crippen molar-refractivity contribution >= 4 is 28.6 Å². The molecule has 2 aromatic rings. The second kappa shape index (κ2) is 7.53. The van der Waals surface area contributed by atoms with E-state index in [1.165, 1.54) is 17.3 Å². The summed E-state index contributed by atoms with van der Waals surface area (Å²) in [6, 6.07) is 1.94. The van der Waals surface area contributed by atoms with Crippen LogP contribution in [0.15, 0.2) is 6.33 Å². The summed E-state index contributed by atoms with van der Waals surface area (Å²) in [5.74, 6) is 0.479. The molecule has 2 fully saturated rings. The van der Waals surface area contributed by atoms with Gasteiger partial charge in [-0.05, 0) is 24.4 Å². The van der Waals surface area contributed by atoms with Crippen molar-refractivity contribution in [2.45, 2.75) is 50.2 Å². The summed E-state index contributed by atoms with van der Waals surface area (Å²) in [5.41, 5.74) is 4.11. The van der Waals surface area contributed by atoms with Crippen molar-refractivity contribution in [1.29, 1.82) is 5.26 Å². The van der Waals surface area contributed by atoms with Crippen LogP contribution in [0.5, 0.6) is 0 Å². The summed E-state index contributed by atoms with van der Waals surface area (Å²) >= 11 is 6.10. The first-order valence-corrected chi connectivity index (χ1v) is 9.26. The van der Waals surface area contributed by atoms with Crippen molar-refractivity contribution in [2.75, 3.05) is 18.5 Å². The minimum absolute atomic E-state index is 0.0289. The number of ether oxygens (including phenoxy) is 1. The largest absolute Gasteiger partial charge is 0.387 e. The lowest BCUT2D eigenvalue weighted by molar-refractivity contribution is -0.0333. The third kappa shape index (κ3) is 3.44. The van der Waals surface area contributed by atoms with Gasteiger partial charge in [0.25, 0.3) is 0 Å². The van der Waals surface area contributed by atoms with Crippen LogP contribution < -0.4 is 5.43 Å². The van der Waals surface area contributed by atoms with Gasteiger partial charge in [0.2, 0.25) is 5.28 Å². The molecule has 3 N–H and O–H groups in total. The average Bonchev–Trinajstić information content (AvgIpc) is 3.19. The van der Waals surface area contributed by atoms with Gasteiger partial charge in [-0.3, -0.25) is 4.57 Å². The predicted octanol–water partition coefficient (Wildman–Crippen LogP) is 0.825. The molecule has 10 nitrogen and oxygen atoms in total. The van der Waals surface area contributed by atoms with Crippen LogP contribution in [0.25, 0.3) is 11.2 Å². The molecular weight excluding hydrogens is 374 g/mol. The van der Waals surface area contributed by atoms with Crippen LogP contribution in [0, 0.1) is 11.3 Å². The molecule has 0 unspecified atom stereocenters. The normalized spacial score (nSPS) is 29.1. The molecule has 2 aliphatic rings. The fourth-order valence-electron chi connectivity index (χ4n) is 3.53. The van der Waals surface area contributed by atoms with Crippen molar-refractivity contribution < 1.29 is 14.9 Å². The number of nitriles is 1. The predicted molar refractivity (Wildman–Crippen MR) is 95.5 cm³/mol. The van der Waals surface area contributed by atoms with E-state index in [1.54, 1.807) is 0 Å². The van der Waals surface area contributed by atoms with Crippen molar-refractivity contribution in [3.63, 3.8) is 0 Å². The minimum atomic E-state index is -1.21. The monoisotopic (exact) mass is 393 g/mol. The molecule has 2 saturated heterocycles. The number of nitrogens with one attached hydrogen (secondary N) is 1. The van der Waals surface area contributed by atoms with E-state index >= 15 is 0 Å². The van der Waals surface area contributed by atoms with Crippen molar-refractivity contribution in [3.8, 4) is 6.07 Å². The van der Waals surface area contributed by atoms with Crippen LogP contribution in [-0.2, 0) is 4.74 Å². The second-order valence-electron chi connectivity index (χ2n) is 6.73. The Morgan fingerprint density at radius 3 is 2.78 bits per heavy atom. The first kappa shape index (κ1) is 18.3. The van der Waals surface area contributed by atoms with Gasteiger partial charge in [0.05, 0.1) is 18.8 Å². The zero-order valence-electron chi connectivity index (χ0n) is 14.5. The number of aliphatic hydroxyl groups excluding tert-OH is 2. The standard InChI is InChI=1S/C16H20ClN7O3/c17-16-20-13(22-23-6-2-1-3-7-23)10-14(21-16)24(8-19-10)15-12(26)11(25)9(27-15)4-5-18/h8-9,11-12,15,25-26H,1-4,6-7H2,(H,20,21,22)/t9-,11-,12-,15-/m1/s1. The van der Waals surface area contributed by atoms with Crippen LogP contribution in [0.3, 0.4) is 0 Å². The molecule has 4 atom stereocenters. The van der Waals surface area contributed by atoms with E-state index in [0.717, 1.165) is 25.9 Å². The van der Waals surface area contributed by atoms with Gasteiger partial charge in [-0.1, -0.05) is 6.42 Å². The molecule has 2 aromatic heterocycles. The zero-order chi connectivity index (χ0) is 19.0. The van der Waals surface area contributed by atoms with Crippen LogP contribution in [0.4, 0.5) is 5.82 Å². The SMILES string of the molecule is N#CC[C@H]1O[C@@H](n2cnc3c(NN4CCCCC4)nc(Cl)nc32)[C@H](O)[C@@H]1O. The molecule has 0 saturated carbocycles. The van der Waals surface area contributed by atoms with E-state index in [4.69, 9.17) is 21.6 Å². The maximum atomic E-state index is 10.4. The number of hydrogen-bond acceptors (Lipinski definition) is 9. The third-order valence-electron chi connectivity index (χ3n) is 4.92. The smallest absolute Gasteiger partial charge is 0.226 e. The fourth-order valence-corrected chi connectivity index (χ4v) is 3.69. The van der Waals surface area contributed by atoms with Gasteiger partial charge in [0, 0.05) is 13.1 Å². The summed E-state index contributed by atoms with van der Waals surface area (Å²) in [6.45, 7) is 1.80. The van der Waals surface area contributed by atoms with Gasteiger partial charge in [-0.15, -0.1) is 0 Å². The van der Waals surface area contributed by atoms with Crippen LogP contribution >= 0.6 is 11.6 Å². The Labute approximate surface area is 160 Å². The zero-order valence-corrected chi connectivity index (χ0v) is 15.2. The van der Waals surface area contributed by atoms with Gasteiger partial charge < -0.3 is 20.4 Å². The summed E-state index contributed by atoms with van der Waals surface area (Å²) < 4.78 is 7.18. The van der Waals surface area contributed by atoms with E-state index < -0.39 is 24.5 Å². The molecular formula is C16H20ClN7O3. The van der Waals surface area contributed by atoms with Crippen molar-refractivity contribution in [1.82, 2.24) is 24.5 Å². The van der Waals surface area contributed by atoms with Gasteiger partial charge in [-0.25, -0.2) is 9.99 Å². The number of halogens is 1. The maximum absolute atomic E-state index is 10.4. The highest BCUT2D eigenvalue weighted by Crippen LogP contribution is 2.34. The summed E-state index contributed by atoms with van der Waals surface area (Å²) in [6.07, 6.45) is 0.755. The molecule has 144 valence electrons. The second-order valence-corrected chi connectivity index (χ2v) is 7.07. The molecule has 27 heavy (non-hydrogen) atoms. The Hall–Kier alpha value is -2.03. The summed E-state index contributed by atoms with van der Waals surface area (Å²) in [7, 11) is 0. The number of anilines is 1. The number of hydrazine groups is 1. The van der Waals surface area contributed by atoms with E-state index in [-0.39, 0.29) is 11.7 Å². The highest BCUT2D eigenvalue weighted by Gasteiger charge is 2.44. The maximum Gasteiger partial charge on any atom is 0.226 e. The molecule has 0 amide bonds. The molecule has 4 heterocycles. The number of nitrogens with zero attached hydrogens (tertiary/aromatic N) is 6. The molecule has 0 aromatic carbocycles. The van der Waals surface area contributed by atoms with Crippen LogP contribution in [0.2, 0.25) is 5.28 Å². The lowest BCUT2D eigenvalue weighted by Crippen LogP contribution is -2.35. The molecule has 0 aliphatic carbocycles. The molecule has 0 spiro atoms. The lowest BCUT2D eigenvalue weighted by Gasteiger charge is -2.27. The topological polar surface area (TPSA) is 132 Å². The van der Waals surface area contributed by atoms with E-state index in [2.05, 4.69) is 25.4 Å².